The molecular weight excluding hydrogens is 311 g/mol. The summed E-state index contributed by atoms with van der Waals surface area (Å²) in [4.78, 5) is 26.3. The zero-order chi connectivity index (χ0) is 17.9. The molecule has 1 fully saturated rings. The van der Waals surface area contributed by atoms with Crippen LogP contribution in [0.3, 0.4) is 0 Å². The van der Waals surface area contributed by atoms with Gasteiger partial charge in [0.2, 0.25) is 11.8 Å². The van der Waals surface area contributed by atoms with Crippen LogP contribution in [0.15, 0.2) is 24.3 Å². The minimum absolute atomic E-state index is 0.0377. The molecule has 0 aliphatic carbocycles. The van der Waals surface area contributed by atoms with Crippen LogP contribution >= 0.6 is 0 Å². The number of rotatable bonds is 6. The molecule has 5 nitrogen and oxygen atoms in total. The summed E-state index contributed by atoms with van der Waals surface area (Å²) in [6.07, 6.45) is 0.831. The van der Waals surface area contributed by atoms with Crippen LogP contribution in [0.25, 0.3) is 0 Å². The third-order valence-electron chi connectivity index (χ3n) is 4.66. The Balaban J connectivity index is 2.16. The van der Waals surface area contributed by atoms with E-state index in [-0.39, 0.29) is 36.1 Å². The van der Waals surface area contributed by atoms with Crippen LogP contribution in [-0.4, -0.2) is 43.5 Å². The van der Waals surface area contributed by atoms with E-state index < -0.39 is 5.41 Å². The van der Waals surface area contributed by atoms with Crippen molar-refractivity contribution in [1.82, 2.24) is 10.2 Å². The first kappa shape index (κ1) is 18.4. The third-order valence-corrected chi connectivity index (χ3v) is 4.66. The van der Waals surface area contributed by atoms with E-state index in [0.29, 0.717) is 13.0 Å². The highest BCUT2D eigenvalue weighted by atomic mass is 19.1. The van der Waals surface area contributed by atoms with Gasteiger partial charge in [0.25, 0.3) is 0 Å². The molecule has 0 aromatic heterocycles. The van der Waals surface area contributed by atoms with Gasteiger partial charge in [-0.3, -0.25) is 9.59 Å². The van der Waals surface area contributed by atoms with Crippen molar-refractivity contribution in [1.29, 1.82) is 0 Å². The quantitative estimate of drug-likeness (QED) is 0.867. The number of methoxy groups -OCH3 is 1. The smallest absolute Gasteiger partial charge is 0.226 e. The van der Waals surface area contributed by atoms with E-state index in [4.69, 9.17) is 4.74 Å². The van der Waals surface area contributed by atoms with Crippen LogP contribution in [0.4, 0.5) is 4.39 Å². The number of amides is 2. The molecule has 1 aliphatic rings. The lowest BCUT2D eigenvalue weighted by Crippen LogP contribution is -2.45. The van der Waals surface area contributed by atoms with Crippen molar-refractivity contribution in [3.05, 3.63) is 35.6 Å². The number of hydrogen-bond donors (Lipinski definition) is 1. The van der Waals surface area contributed by atoms with E-state index in [0.717, 1.165) is 5.56 Å². The fourth-order valence-electron chi connectivity index (χ4n) is 2.95. The predicted molar refractivity (Wildman–Crippen MR) is 88.7 cm³/mol. The molecule has 24 heavy (non-hydrogen) atoms. The molecule has 1 aromatic carbocycles. The van der Waals surface area contributed by atoms with Crippen molar-refractivity contribution >= 4 is 11.8 Å². The Hall–Kier alpha value is -1.95. The molecular formula is C18H25FN2O3. The highest BCUT2D eigenvalue weighted by Gasteiger charge is 2.41. The Morgan fingerprint density at radius 2 is 2.00 bits per heavy atom. The number of halogens is 1. The van der Waals surface area contributed by atoms with Gasteiger partial charge in [-0.15, -0.1) is 0 Å². The van der Waals surface area contributed by atoms with Gasteiger partial charge in [-0.2, -0.15) is 0 Å². The first-order valence-corrected chi connectivity index (χ1v) is 8.07. The van der Waals surface area contributed by atoms with Crippen molar-refractivity contribution in [2.75, 3.05) is 20.8 Å². The number of benzene rings is 1. The number of carbonyl (C=O) groups is 2. The molecule has 1 heterocycles. The van der Waals surface area contributed by atoms with Gasteiger partial charge in [0.1, 0.15) is 5.82 Å². The maximum absolute atomic E-state index is 13.2. The van der Waals surface area contributed by atoms with Gasteiger partial charge in [0, 0.05) is 32.6 Å². The maximum Gasteiger partial charge on any atom is 0.226 e. The average molecular weight is 336 g/mol. The summed E-state index contributed by atoms with van der Waals surface area (Å²) in [5.74, 6) is -0.476. The molecule has 0 bridgehead atoms. The van der Waals surface area contributed by atoms with Crippen LogP contribution in [-0.2, 0) is 14.3 Å². The molecule has 0 spiro atoms. The standard InChI is InChI=1S/C18H25FN2O3/c1-18(2,9-10-24-4)17(23)20-14-11-15(22)21(3)16(14)12-5-7-13(19)8-6-12/h5-8,14,16H,9-11H2,1-4H3,(H,20,23)/t14-,16+/m0/s1. The molecule has 2 amide bonds. The van der Waals surface area contributed by atoms with E-state index in [1.54, 1.807) is 31.2 Å². The number of carbonyl (C=O) groups excluding carboxylic acids is 2. The lowest BCUT2D eigenvalue weighted by atomic mass is 9.87. The van der Waals surface area contributed by atoms with Crippen molar-refractivity contribution in [2.45, 2.75) is 38.8 Å². The van der Waals surface area contributed by atoms with Crippen LogP contribution in [0.5, 0.6) is 0 Å². The van der Waals surface area contributed by atoms with E-state index in [2.05, 4.69) is 5.32 Å². The summed E-state index contributed by atoms with van der Waals surface area (Å²) < 4.78 is 18.2. The van der Waals surface area contributed by atoms with Gasteiger partial charge in [-0.1, -0.05) is 26.0 Å². The first-order chi connectivity index (χ1) is 11.3. The lowest BCUT2D eigenvalue weighted by molar-refractivity contribution is -0.131. The number of likely N-dealkylation sites (N-methyl/N-ethyl adjacent to an activating group) is 1. The van der Waals surface area contributed by atoms with Gasteiger partial charge < -0.3 is 15.0 Å². The summed E-state index contributed by atoms with van der Waals surface area (Å²) in [7, 11) is 3.31. The molecule has 2 atom stereocenters. The highest BCUT2D eigenvalue weighted by molar-refractivity contribution is 5.85. The third kappa shape index (κ3) is 3.93. The van der Waals surface area contributed by atoms with Crippen molar-refractivity contribution in [2.24, 2.45) is 5.41 Å². The van der Waals surface area contributed by atoms with Crippen molar-refractivity contribution in [3.8, 4) is 0 Å². The van der Waals surface area contributed by atoms with E-state index in [1.165, 1.54) is 12.1 Å². The number of ether oxygens (including phenoxy) is 1. The molecule has 132 valence electrons. The van der Waals surface area contributed by atoms with Gasteiger partial charge in [-0.25, -0.2) is 4.39 Å². The summed E-state index contributed by atoms with van der Waals surface area (Å²) in [5, 5.41) is 3.00. The highest BCUT2D eigenvalue weighted by Crippen LogP contribution is 2.33. The molecule has 6 heteroatoms. The molecule has 0 unspecified atom stereocenters. The number of hydrogen-bond acceptors (Lipinski definition) is 3. The molecule has 0 radical (unpaired) electrons. The zero-order valence-corrected chi connectivity index (χ0v) is 14.6. The van der Waals surface area contributed by atoms with Gasteiger partial charge in [-0.05, 0) is 24.1 Å². The Kier molecular flexibility index (Phi) is 5.59. The Labute approximate surface area is 142 Å². The lowest BCUT2D eigenvalue weighted by Gasteiger charge is -2.30. The second kappa shape index (κ2) is 7.30. The van der Waals surface area contributed by atoms with Crippen LogP contribution in [0.2, 0.25) is 0 Å². The summed E-state index contributed by atoms with van der Waals surface area (Å²) in [6, 6.07) is 5.43. The number of nitrogens with one attached hydrogen (secondary N) is 1. The average Bonchev–Trinajstić information content (AvgIpc) is 2.81. The molecule has 1 N–H and O–H groups in total. The predicted octanol–water partition coefficient (Wildman–Crippen LogP) is 2.28. The van der Waals surface area contributed by atoms with E-state index in [9.17, 15) is 14.0 Å². The van der Waals surface area contributed by atoms with E-state index in [1.807, 2.05) is 13.8 Å². The Morgan fingerprint density at radius 1 is 1.38 bits per heavy atom. The van der Waals surface area contributed by atoms with Crippen LogP contribution < -0.4 is 5.32 Å². The van der Waals surface area contributed by atoms with Crippen LogP contribution in [0.1, 0.15) is 38.3 Å². The second-order valence-electron chi connectivity index (χ2n) is 6.91. The zero-order valence-electron chi connectivity index (χ0n) is 14.6. The van der Waals surface area contributed by atoms with Crippen molar-refractivity contribution < 1.29 is 18.7 Å². The second-order valence-corrected chi connectivity index (χ2v) is 6.91. The first-order valence-electron chi connectivity index (χ1n) is 8.07. The summed E-state index contributed by atoms with van der Waals surface area (Å²) in [6.45, 7) is 4.20. The van der Waals surface area contributed by atoms with Crippen LogP contribution in [0, 0.1) is 11.2 Å². The maximum atomic E-state index is 13.2. The number of likely N-dealkylation sites (tertiary alicyclic amines) is 1. The minimum Gasteiger partial charge on any atom is -0.385 e. The Morgan fingerprint density at radius 3 is 2.58 bits per heavy atom. The van der Waals surface area contributed by atoms with Gasteiger partial charge in [0.15, 0.2) is 0 Å². The van der Waals surface area contributed by atoms with E-state index >= 15 is 0 Å². The van der Waals surface area contributed by atoms with Gasteiger partial charge >= 0.3 is 0 Å². The normalized spacial score (nSPS) is 21.2. The topological polar surface area (TPSA) is 58.6 Å². The molecule has 1 aliphatic heterocycles. The Bertz CT molecular complexity index is 601. The minimum atomic E-state index is -0.590. The van der Waals surface area contributed by atoms with Crippen molar-refractivity contribution in [3.63, 3.8) is 0 Å². The largest absolute Gasteiger partial charge is 0.385 e. The summed E-state index contributed by atoms with van der Waals surface area (Å²) >= 11 is 0. The molecule has 2 rings (SSSR count). The monoisotopic (exact) mass is 336 g/mol. The SMILES string of the molecule is COCCC(C)(C)C(=O)N[C@H]1CC(=O)N(C)[C@@H]1c1ccc(F)cc1. The molecule has 0 saturated carbocycles. The summed E-state index contributed by atoms with van der Waals surface area (Å²) in [5.41, 5.74) is 0.220. The fourth-order valence-corrected chi connectivity index (χ4v) is 2.95. The fraction of sp³-hybridized carbons (Fsp3) is 0.556. The van der Waals surface area contributed by atoms with Gasteiger partial charge in [0.05, 0.1) is 12.1 Å². The number of nitrogens with zero attached hydrogens (tertiary/aromatic N) is 1. The molecule has 1 saturated heterocycles. The molecule has 1 aromatic rings.